The molecule has 150 valence electrons. The number of methoxy groups -OCH3 is 1. The number of hydrogen-bond donors (Lipinski definition) is 1. The Kier molecular flexibility index (Phi) is 6.68. The summed E-state index contributed by atoms with van der Waals surface area (Å²) in [7, 11) is 1.56. The van der Waals surface area contributed by atoms with Gasteiger partial charge in [0.25, 0.3) is 0 Å². The zero-order valence-electron chi connectivity index (χ0n) is 16.1. The van der Waals surface area contributed by atoms with Gasteiger partial charge in [-0.1, -0.05) is 0 Å². The maximum atomic E-state index is 12.2. The van der Waals surface area contributed by atoms with Gasteiger partial charge in [0.05, 0.1) is 30.7 Å². The first-order valence-electron chi connectivity index (χ1n) is 8.90. The average molecular weight is 402 g/mol. The molecule has 0 saturated carbocycles. The van der Waals surface area contributed by atoms with Crippen LogP contribution in [-0.2, 0) is 0 Å². The molecule has 0 atom stereocenters. The van der Waals surface area contributed by atoms with Gasteiger partial charge in [0, 0.05) is 0 Å². The molecule has 0 aliphatic heterocycles. The number of aldehydes is 1. The standard InChI is InChI=1S/C23H18N2O5/c1-29-20-9-5-18(6-10-20)23(28)30-21-7-2-16(3-8-21)13-24-25-14-17-4-11-22(27)19(12-17)15-26/h2-15,27H,1H3/b24-13+,25-14+. The third-order valence-electron chi connectivity index (χ3n) is 4.08. The minimum atomic E-state index is -0.465. The highest BCUT2D eigenvalue weighted by Crippen LogP contribution is 2.17. The summed E-state index contributed by atoms with van der Waals surface area (Å²) in [5.41, 5.74) is 1.99. The SMILES string of the molecule is COc1ccc(C(=O)Oc2ccc(/C=N/N=C/c3ccc(O)c(C=O)c3)cc2)cc1. The van der Waals surface area contributed by atoms with Crippen LogP contribution >= 0.6 is 0 Å². The quantitative estimate of drug-likeness (QED) is 0.213. The molecule has 0 heterocycles. The fourth-order valence-corrected chi connectivity index (χ4v) is 2.46. The number of carbonyl (C=O) groups is 2. The summed E-state index contributed by atoms with van der Waals surface area (Å²) in [6.45, 7) is 0. The van der Waals surface area contributed by atoms with E-state index in [-0.39, 0.29) is 11.3 Å². The van der Waals surface area contributed by atoms with Crippen LogP contribution in [0, 0.1) is 0 Å². The molecule has 0 amide bonds. The van der Waals surface area contributed by atoms with Gasteiger partial charge in [0.1, 0.15) is 17.2 Å². The molecule has 0 spiro atoms. The van der Waals surface area contributed by atoms with Crippen molar-refractivity contribution in [3.63, 3.8) is 0 Å². The lowest BCUT2D eigenvalue weighted by atomic mass is 10.1. The number of carbonyl (C=O) groups excluding carboxylic acids is 2. The first-order chi connectivity index (χ1) is 14.6. The van der Waals surface area contributed by atoms with Crippen LogP contribution in [0.4, 0.5) is 0 Å². The molecule has 0 aliphatic carbocycles. The minimum absolute atomic E-state index is 0.0848. The van der Waals surface area contributed by atoms with Crippen molar-refractivity contribution in [2.24, 2.45) is 10.2 Å². The Bertz CT molecular complexity index is 1090. The molecule has 3 aromatic rings. The van der Waals surface area contributed by atoms with Crippen LogP contribution in [0.5, 0.6) is 17.2 Å². The fraction of sp³-hybridized carbons (Fsp3) is 0.0435. The summed E-state index contributed by atoms with van der Waals surface area (Å²) in [6.07, 6.45) is 3.57. The number of benzene rings is 3. The van der Waals surface area contributed by atoms with Crippen molar-refractivity contribution < 1.29 is 24.2 Å². The Morgan fingerprint density at radius 3 is 2.10 bits per heavy atom. The van der Waals surface area contributed by atoms with Gasteiger partial charge >= 0.3 is 5.97 Å². The molecule has 0 saturated heterocycles. The maximum Gasteiger partial charge on any atom is 0.343 e. The summed E-state index contributed by atoms with van der Waals surface area (Å²) in [4.78, 5) is 23.0. The van der Waals surface area contributed by atoms with Gasteiger partial charge in [-0.25, -0.2) is 4.79 Å². The van der Waals surface area contributed by atoms with Gasteiger partial charge in [-0.3, -0.25) is 4.79 Å². The number of hydrogen-bond acceptors (Lipinski definition) is 7. The third-order valence-corrected chi connectivity index (χ3v) is 4.08. The lowest BCUT2D eigenvalue weighted by molar-refractivity contribution is 0.0734. The predicted molar refractivity (Wildman–Crippen MR) is 113 cm³/mol. The number of ether oxygens (including phenoxy) is 2. The third kappa shape index (κ3) is 5.39. The normalized spacial score (nSPS) is 11.0. The highest BCUT2D eigenvalue weighted by Gasteiger charge is 2.08. The van der Waals surface area contributed by atoms with Crippen LogP contribution in [0.2, 0.25) is 0 Å². The fourth-order valence-electron chi connectivity index (χ4n) is 2.46. The van der Waals surface area contributed by atoms with E-state index in [1.165, 1.54) is 24.6 Å². The van der Waals surface area contributed by atoms with E-state index in [0.717, 1.165) is 5.56 Å². The topological polar surface area (TPSA) is 97.6 Å². The molecule has 1 N–H and O–H groups in total. The van der Waals surface area contributed by atoms with E-state index in [2.05, 4.69) is 10.2 Å². The van der Waals surface area contributed by atoms with E-state index in [0.29, 0.717) is 28.9 Å². The van der Waals surface area contributed by atoms with E-state index in [4.69, 9.17) is 9.47 Å². The van der Waals surface area contributed by atoms with Crippen molar-refractivity contribution in [1.82, 2.24) is 0 Å². The molecule has 0 aromatic heterocycles. The molecule has 0 radical (unpaired) electrons. The van der Waals surface area contributed by atoms with Crippen LogP contribution in [0.15, 0.2) is 76.9 Å². The lowest BCUT2D eigenvalue weighted by Crippen LogP contribution is -2.08. The van der Waals surface area contributed by atoms with Crippen molar-refractivity contribution in [3.05, 3.63) is 89.0 Å². The number of esters is 1. The van der Waals surface area contributed by atoms with E-state index in [1.54, 1.807) is 61.7 Å². The molecule has 3 rings (SSSR count). The van der Waals surface area contributed by atoms with Crippen molar-refractivity contribution in [2.75, 3.05) is 7.11 Å². The summed E-state index contributed by atoms with van der Waals surface area (Å²) in [5.74, 6) is 0.514. The first-order valence-corrected chi connectivity index (χ1v) is 8.90. The Balaban J connectivity index is 1.58. The zero-order valence-corrected chi connectivity index (χ0v) is 16.1. The summed E-state index contributed by atoms with van der Waals surface area (Å²) in [6, 6.07) is 18.0. The van der Waals surface area contributed by atoms with Gasteiger partial charge in [-0.15, -0.1) is 0 Å². The van der Waals surface area contributed by atoms with E-state index < -0.39 is 5.97 Å². The molecule has 3 aromatic carbocycles. The Morgan fingerprint density at radius 1 is 0.867 bits per heavy atom. The zero-order chi connectivity index (χ0) is 21.3. The van der Waals surface area contributed by atoms with Gasteiger partial charge < -0.3 is 14.6 Å². The molecule has 0 aliphatic rings. The minimum Gasteiger partial charge on any atom is -0.507 e. The smallest absolute Gasteiger partial charge is 0.343 e. The molecule has 0 bridgehead atoms. The second-order valence-electron chi connectivity index (χ2n) is 6.11. The second kappa shape index (κ2) is 9.79. The van der Waals surface area contributed by atoms with Crippen molar-refractivity contribution in [3.8, 4) is 17.2 Å². The van der Waals surface area contributed by atoms with Crippen LogP contribution in [0.3, 0.4) is 0 Å². The second-order valence-corrected chi connectivity index (χ2v) is 6.11. The van der Waals surface area contributed by atoms with Gasteiger partial charge in [-0.2, -0.15) is 10.2 Å². The Morgan fingerprint density at radius 2 is 1.47 bits per heavy atom. The van der Waals surface area contributed by atoms with Gasteiger partial charge in [0.2, 0.25) is 0 Å². The number of rotatable bonds is 7. The summed E-state index contributed by atoms with van der Waals surface area (Å²) >= 11 is 0. The molecule has 7 heteroatoms. The number of phenolic OH excluding ortho intramolecular Hbond substituents is 1. The molecule has 0 fully saturated rings. The first kappa shape index (κ1) is 20.5. The number of nitrogens with zero attached hydrogens (tertiary/aromatic N) is 2. The molecule has 30 heavy (non-hydrogen) atoms. The van der Waals surface area contributed by atoms with Crippen molar-refractivity contribution in [2.45, 2.75) is 0 Å². The molecule has 7 nitrogen and oxygen atoms in total. The van der Waals surface area contributed by atoms with Crippen LogP contribution in [-0.4, -0.2) is 36.9 Å². The van der Waals surface area contributed by atoms with Crippen molar-refractivity contribution >= 4 is 24.7 Å². The molecular formula is C23H18N2O5. The average Bonchev–Trinajstić information content (AvgIpc) is 2.78. The highest BCUT2D eigenvalue weighted by molar-refractivity contribution is 5.91. The maximum absolute atomic E-state index is 12.2. The monoisotopic (exact) mass is 402 g/mol. The highest BCUT2D eigenvalue weighted by atomic mass is 16.5. The lowest BCUT2D eigenvalue weighted by Gasteiger charge is -2.05. The van der Waals surface area contributed by atoms with Crippen LogP contribution < -0.4 is 9.47 Å². The van der Waals surface area contributed by atoms with E-state index >= 15 is 0 Å². The number of phenols is 1. The van der Waals surface area contributed by atoms with E-state index in [1.807, 2.05) is 0 Å². The summed E-state index contributed by atoms with van der Waals surface area (Å²) < 4.78 is 10.4. The Labute approximate surface area is 172 Å². The number of aromatic hydroxyl groups is 1. The van der Waals surface area contributed by atoms with Crippen LogP contribution in [0.1, 0.15) is 31.8 Å². The van der Waals surface area contributed by atoms with Crippen molar-refractivity contribution in [1.29, 1.82) is 0 Å². The molecular weight excluding hydrogens is 384 g/mol. The van der Waals surface area contributed by atoms with E-state index in [9.17, 15) is 14.7 Å². The molecule has 0 unspecified atom stereocenters. The van der Waals surface area contributed by atoms with Crippen LogP contribution in [0.25, 0.3) is 0 Å². The van der Waals surface area contributed by atoms with Gasteiger partial charge in [-0.05, 0) is 77.9 Å². The largest absolute Gasteiger partial charge is 0.507 e. The van der Waals surface area contributed by atoms with Gasteiger partial charge in [0.15, 0.2) is 6.29 Å². The Hall–Kier alpha value is -4.26. The summed E-state index contributed by atoms with van der Waals surface area (Å²) in [5, 5.41) is 17.3. The predicted octanol–water partition coefficient (Wildman–Crippen LogP) is 3.89.